The van der Waals surface area contributed by atoms with Gasteiger partial charge in [-0.3, -0.25) is 4.79 Å². The maximum atomic E-state index is 11.9. The van der Waals surface area contributed by atoms with Gasteiger partial charge in [-0.1, -0.05) is 0 Å². The average Bonchev–Trinajstić information content (AvgIpc) is 2.48. The van der Waals surface area contributed by atoms with Gasteiger partial charge in [-0.2, -0.15) is 5.26 Å². The van der Waals surface area contributed by atoms with Gasteiger partial charge >= 0.3 is 0 Å². The zero-order chi connectivity index (χ0) is 13.5. The molecule has 108 valence electrons. The van der Waals surface area contributed by atoms with E-state index in [1.807, 2.05) is 6.07 Å². The Kier molecular flexibility index (Phi) is 7.02. The summed E-state index contributed by atoms with van der Waals surface area (Å²) in [6, 6.07) is 8.69. The smallest absolute Gasteiger partial charge is 0.251 e. The van der Waals surface area contributed by atoms with Gasteiger partial charge in [-0.25, -0.2) is 0 Å². The van der Waals surface area contributed by atoms with Gasteiger partial charge in [0.15, 0.2) is 0 Å². The molecule has 1 aromatic rings. The summed E-state index contributed by atoms with van der Waals surface area (Å²) >= 11 is 0. The van der Waals surface area contributed by atoms with E-state index in [0.717, 1.165) is 32.8 Å². The number of benzene rings is 1. The minimum absolute atomic E-state index is 0. The van der Waals surface area contributed by atoms with Gasteiger partial charge in [0.1, 0.15) is 13.1 Å². The molecule has 0 aliphatic carbocycles. The second kappa shape index (κ2) is 8.54. The lowest BCUT2D eigenvalue weighted by molar-refractivity contribution is -0.906. The Morgan fingerprint density at radius 1 is 1.30 bits per heavy atom. The van der Waals surface area contributed by atoms with Crippen LogP contribution in [-0.2, 0) is 4.74 Å². The van der Waals surface area contributed by atoms with E-state index >= 15 is 0 Å². The number of amides is 1. The van der Waals surface area contributed by atoms with E-state index in [-0.39, 0.29) is 18.3 Å². The second-order valence-corrected chi connectivity index (χ2v) is 4.56. The van der Waals surface area contributed by atoms with Crippen molar-refractivity contribution in [1.82, 2.24) is 5.32 Å². The number of quaternary nitrogens is 1. The normalized spacial score (nSPS) is 14.9. The van der Waals surface area contributed by atoms with Crippen molar-refractivity contribution in [2.75, 3.05) is 39.4 Å². The van der Waals surface area contributed by atoms with E-state index in [9.17, 15) is 4.79 Å². The lowest BCUT2D eigenvalue weighted by atomic mass is 10.1. The zero-order valence-corrected chi connectivity index (χ0v) is 11.9. The van der Waals surface area contributed by atoms with Crippen LogP contribution < -0.4 is 22.6 Å². The summed E-state index contributed by atoms with van der Waals surface area (Å²) in [5, 5.41) is 11.6. The lowest BCUT2D eigenvalue weighted by Gasteiger charge is -2.23. The summed E-state index contributed by atoms with van der Waals surface area (Å²) in [5.74, 6) is -0.0860. The molecule has 1 aliphatic rings. The molecule has 0 unspecified atom stereocenters. The van der Waals surface area contributed by atoms with Gasteiger partial charge in [0.2, 0.25) is 0 Å². The van der Waals surface area contributed by atoms with Crippen LogP contribution in [0.15, 0.2) is 24.3 Å². The van der Waals surface area contributed by atoms with Gasteiger partial charge < -0.3 is 27.4 Å². The molecule has 0 aromatic heterocycles. The third kappa shape index (κ3) is 4.82. The number of nitrogens with one attached hydrogen (secondary N) is 2. The number of morpholine rings is 1. The molecule has 1 aromatic carbocycles. The summed E-state index contributed by atoms with van der Waals surface area (Å²) in [4.78, 5) is 13.3. The molecule has 1 fully saturated rings. The van der Waals surface area contributed by atoms with Gasteiger partial charge in [0, 0.05) is 5.56 Å². The third-order valence-electron chi connectivity index (χ3n) is 3.24. The zero-order valence-electron chi connectivity index (χ0n) is 11.2. The average molecular weight is 296 g/mol. The Bertz CT molecular complexity index is 464. The molecule has 1 saturated heterocycles. The standard InChI is InChI=1S/C14H17N3O2.ClH/c15-11-12-1-3-13(4-2-12)14(18)16-5-6-17-7-9-19-10-8-17;/h1-4H,5-10H2,(H,16,18);1H. The number of carbonyl (C=O) groups is 1. The molecule has 0 bridgehead atoms. The summed E-state index contributed by atoms with van der Waals surface area (Å²) in [6.07, 6.45) is 0. The van der Waals surface area contributed by atoms with Crippen LogP contribution in [0.2, 0.25) is 0 Å². The molecule has 0 spiro atoms. The van der Waals surface area contributed by atoms with E-state index in [4.69, 9.17) is 10.00 Å². The van der Waals surface area contributed by atoms with Gasteiger partial charge in [-0.05, 0) is 24.3 Å². The van der Waals surface area contributed by atoms with Crippen LogP contribution in [0.1, 0.15) is 15.9 Å². The Balaban J connectivity index is 0.00000200. The minimum Gasteiger partial charge on any atom is -1.00 e. The van der Waals surface area contributed by atoms with Crippen LogP contribution in [0.5, 0.6) is 0 Å². The van der Waals surface area contributed by atoms with Crippen molar-refractivity contribution >= 4 is 5.91 Å². The molecule has 1 heterocycles. The Morgan fingerprint density at radius 2 is 1.95 bits per heavy atom. The minimum atomic E-state index is -0.0860. The molecule has 0 atom stereocenters. The van der Waals surface area contributed by atoms with Crippen LogP contribution in [0.4, 0.5) is 0 Å². The Hall–Kier alpha value is -1.61. The largest absolute Gasteiger partial charge is 1.00 e. The molecule has 5 nitrogen and oxygen atoms in total. The molecule has 2 N–H and O–H groups in total. The highest BCUT2D eigenvalue weighted by atomic mass is 35.5. The maximum Gasteiger partial charge on any atom is 0.251 e. The molecule has 0 saturated carbocycles. The second-order valence-electron chi connectivity index (χ2n) is 4.56. The van der Waals surface area contributed by atoms with Crippen LogP contribution in [0.25, 0.3) is 0 Å². The highest BCUT2D eigenvalue weighted by Gasteiger charge is 2.13. The summed E-state index contributed by atoms with van der Waals surface area (Å²) in [6.45, 7) is 5.21. The highest BCUT2D eigenvalue weighted by Crippen LogP contribution is 2.02. The number of hydrogen-bond donors (Lipinski definition) is 2. The van der Waals surface area contributed by atoms with Crippen molar-refractivity contribution in [3.8, 4) is 6.07 Å². The predicted octanol–water partition coefficient (Wildman–Crippen LogP) is -3.79. The summed E-state index contributed by atoms with van der Waals surface area (Å²) < 4.78 is 5.28. The number of rotatable bonds is 4. The number of nitrogens with zero attached hydrogens (tertiary/aromatic N) is 1. The maximum absolute atomic E-state index is 11.9. The highest BCUT2D eigenvalue weighted by molar-refractivity contribution is 5.94. The van der Waals surface area contributed by atoms with Crippen LogP contribution >= 0.6 is 0 Å². The molecule has 1 amide bonds. The molecule has 6 heteroatoms. The first-order valence-electron chi connectivity index (χ1n) is 6.49. The van der Waals surface area contributed by atoms with Crippen LogP contribution in [0.3, 0.4) is 0 Å². The SMILES string of the molecule is N#Cc1ccc(C(=O)NCC[NH+]2CCOCC2)cc1.[Cl-]. The predicted molar refractivity (Wildman–Crippen MR) is 69.9 cm³/mol. The van der Waals surface area contributed by atoms with Crippen LogP contribution in [0, 0.1) is 11.3 Å². The first kappa shape index (κ1) is 16.4. The van der Waals surface area contributed by atoms with Crippen molar-refractivity contribution in [3.63, 3.8) is 0 Å². The summed E-state index contributed by atoms with van der Waals surface area (Å²) in [7, 11) is 0. The van der Waals surface area contributed by atoms with Crippen molar-refractivity contribution in [2.24, 2.45) is 0 Å². The molecule has 1 aliphatic heterocycles. The number of halogens is 1. The van der Waals surface area contributed by atoms with Gasteiger partial charge in [0.05, 0.1) is 37.9 Å². The van der Waals surface area contributed by atoms with E-state index in [0.29, 0.717) is 17.7 Å². The molecular formula is C14H18ClN3O2. The van der Waals surface area contributed by atoms with Crippen molar-refractivity contribution in [1.29, 1.82) is 5.26 Å². The molecule has 2 rings (SSSR count). The molecule has 0 radical (unpaired) electrons. The first-order valence-corrected chi connectivity index (χ1v) is 6.49. The fourth-order valence-electron chi connectivity index (χ4n) is 2.06. The topological polar surface area (TPSA) is 66.6 Å². The number of hydrogen-bond acceptors (Lipinski definition) is 3. The van der Waals surface area contributed by atoms with Crippen molar-refractivity contribution in [2.45, 2.75) is 0 Å². The van der Waals surface area contributed by atoms with E-state index in [1.165, 1.54) is 4.90 Å². The van der Waals surface area contributed by atoms with Crippen molar-refractivity contribution < 1.29 is 26.8 Å². The fourth-order valence-corrected chi connectivity index (χ4v) is 2.06. The Labute approximate surface area is 124 Å². The summed E-state index contributed by atoms with van der Waals surface area (Å²) in [5.41, 5.74) is 1.16. The molecule has 20 heavy (non-hydrogen) atoms. The van der Waals surface area contributed by atoms with Crippen molar-refractivity contribution in [3.05, 3.63) is 35.4 Å². The third-order valence-corrected chi connectivity index (χ3v) is 3.24. The fraction of sp³-hybridized carbons (Fsp3) is 0.429. The lowest BCUT2D eigenvalue weighted by Crippen LogP contribution is -3.14. The number of ether oxygens (including phenoxy) is 1. The van der Waals surface area contributed by atoms with Gasteiger partial charge in [0.25, 0.3) is 5.91 Å². The van der Waals surface area contributed by atoms with Gasteiger partial charge in [-0.15, -0.1) is 0 Å². The number of nitriles is 1. The first-order chi connectivity index (χ1) is 9.29. The van der Waals surface area contributed by atoms with E-state index < -0.39 is 0 Å². The quantitative estimate of drug-likeness (QED) is 0.599. The monoisotopic (exact) mass is 295 g/mol. The van der Waals surface area contributed by atoms with E-state index in [1.54, 1.807) is 24.3 Å². The Morgan fingerprint density at radius 3 is 2.55 bits per heavy atom. The van der Waals surface area contributed by atoms with E-state index in [2.05, 4.69) is 5.32 Å². The molecular weight excluding hydrogens is 278 g/mol. The number of carbonyl (C=O) groups excluding carboxylic acids is 1. The van der Waals surface area contributed by atoms with Crippen LogP contribution in [-0.4, -0.2) is 45.3 Å².